The molecular weight excluding hydrogens is 322 g/mol. The van der Waals surface area contributed by atoms with E-state index in [1.165, 1.54) is 11.8 Å². The van der Waals surface area contributed by atoms with Gasteiger partial charge in [-0.2, -0.15) is 0 Å². The van der Waals surface area contributed by atoms with E-state index >= 15 is 0 Å². The maximum Gasteiger partial charge on any atom is 0.257 e. The van der Waals surface area contributed by atoms with Crippen LogP contribution in [0.2, 0.25) is 0 Å². The standard InChI is InChI=1S/C19H21NO3S/c1-15(21)16-8-10-17(11-9-16)23-14-19(22)20-12-5-13-24-18-6-3-2-4-7-18/h2-4,6-11H,5,12-14H2,1H3,(H,20,22). The topological polar surface area (TPSA) is 55.4 Å². The predicted octanol–water partition coefficient (Wildman–Crippen LogP) is 3.57. The molecule has 2 rings (SSSR count). The Balaban J connectivity index is 1.59. The highest BCUT2D eigenvalue weighted by Crippen LogP contribution is 2.17. The number of carbonyl (C=O) groups excluding carboxylic acids is 2. The molecule has 1 amide bonds. The van der Waals surface area contributed by atoms with Gasteiger partial charge < -0.3 is 10.1 Å². The summed E-state index contributed by atoms with van der Waals surface area (Å²) in [4.78, 5) is 24.1. The summed E-state index contributed by atoms with van der Waals surface area (Å²) in [6, 6.07) is 17.0. The average Bonchev–Trinajstić information content (AvgIpc) is 2.61. The first-order valence-corrected chi connectivity index (χ1v) is 8.82. The second kappa shape index (κ2) is 9.78. The molecule has 0 aliphatic carbocycles. The summed E-state index contributed by atoms with van der Waals surface area (Å²) in [5.74, 6) is 1.40. The van der Waals surface area contributed by atoms with Gasteiger partial charge in [0.05, 0.1) is 0 Å². The number of hydrogen-bond donors (Lipinski definition) is 1. The van der Waals surface area contributed by atoms with Gasteiger partial charge in [0.1, 0.15) is 5.75 Å². The van der Waals surface area contributed by atoms with Gasteiger partial charge in [0, 0.05) is 17.0 Å². The number of ether oxygens (including phenoxy) is 1. The molecule has 0 bridgehead atoms. The number of carbonyl (C=O) groups is 2. The Morgan fingerprint density at radius 2 is 1.75 bits per heavy atom. The molecule has 2 aromatic rings. The molecule has 0 saturated heterocycles. The van der Waals surface area contributed by atoms with Crippen molar-refractivity contribution in [2.75, 3.05) is 18.9 Å². The van der Waals surface area contributed by atoms with E-state index in [1.54, 1.807) is 36.0 Å². The van der Waals surface area contributed by atoms with Crippen LogP contribution in [0, 0.1) is 0 Å². The Morgan fingerprint density at radius 1 is 1.04 bits per heavy atom. The fourth-order valence-corrected chi connectivity index (χ4v) is 2.87. The second-order valence-electron chi connectivity index (χ2n) is 5.23. The van der Waals surface area contributed by atoms with Gasteiger partial charge in [0.15, 0.2) is 12.4 Å². The number of nitrogens with one attached hydrogen (secondary N) is 1. The molecule has 1 N–H and O–H groups in total. The molecule has 0 atom stereocenters. The van der Waals surface area contributed by atoms with E-state index in [-0.39, 0.29) is 18.3 Å². The zero-order valence-electron chi connectivity index (χ0n) is 13.7. The first kappa shape index (κ1) is 18.1. The quantitative estimate of drug-likeness (QED) is 0.430. The van der Waals surface area contributed by atoms with Gasteiger partial charge in [-0.05, 0) is 55.5 Å². The number of benzene rings is 2. The highest BCUT2D eigenvalue weighted by Gasteiger charge is 2.04. The first-order chi connectivity index (χ1) is 11.6. The van der Waals surface area contributed by atoms with Crippen LogP contribution >= 0.6 is 11.8 Å². The van der Waals surface area contributed by atoms with Gasteiger partial charge in [0.25, 0.3) is 5.91 Å². The predicted molar refractivity (Wildman–Crippen MR) is 96.7 cm³/mol. The van der Waals surface area contributed by atoms with Gasteiger partial charge in [-0.15, -0.1) is 11.8 Å². The fourth-order valence-electron chi connectivity index (χ4n) is 1.99. The van der Waals surface area contributed by atoms with Gasteiger partial charge in [0.2, 0.25) is 0 Å². The third-order valence-electron chi connectivity index (χ3n) is 3.29. The molecule has 0 spiro atoms. The second-order valence-corrected chi connectivity index (χ2v) is 6.40. The summed E-state index contributed by atoms with van der Waals surface area (Å²) in [5, 5.41) is 2.84. The smallest absolute Gasteiger partial charge is 0.257 e. The summed E-state index contributed by atoms with van der Waals surface area (Å²) in [5.41, 5.74) is 0.628. The van der Waals surface area contributed by atoms with E-state index in [0.29, 0.717) is 17.9 Å². The molecule has 24 heavy (non-hydrogen) atoms. The minimum atomic E-state index is -0.143. The Hall–Kier alpha value is -2.27. The maximum atomic E-state index is 11.7. The zero-order chi connectivity index (χ0) is 17.2. The van der Waals surface area contributed by atoms with E-state index in [0.717, 1.165) is 12.2 Å². The molecule has 0 aliphatic heterocycles. The first-order valence-electron chi connectivity index (χ1n) is 7.83. The Morgan fingerprint density at radius 3 is 2.42 bits per heavy atom. The van der Waals surface area contributed by atoms with Gasteiger partial charge in [-0.25, -0.2) is 0 Å². The van der Waals surface area contributed by atoms with Crippen molar-refractivity contribution in [1.29, 1.82) is 0 Å². The lowest BCUT2D eigenvalue weighted by atomic mass is 10.1. The summed E-state index contributed by atoms with van der Waals surface area (Å²) >= 11 is 1.78. The third kappa shape index (κ3) is 6.46. The molecule has 0 radical (unpaired) electrons. The molecule has 0 fully saturated rings. The monoisotopic (exact) mass is 343 g/mol. The molecule has 0 saturated carbocycles. The highest BCUT2D eigenvalue weighted by molar-refractivity contribution is 7.99. The highest BCUT2D eigenvalue weighted by atomic mass is 32.2. The van der Waals surface area contributed by atoms with Crippen LogP contribution < -0.4 is 10.1 Å². The Labute approximate surface area is 146 Å². The molecule has 4 nitrogen and oxygen atoms in total. The van der Waals surface area contributed by atoms with Gasteiger partial charge in [-0.1, -0.05) is 18.2 Å². The lowest BCUT2D eigenvalue weighted by Crippen LogP contribution is -2.29. The van der Waals surface area contributed by atoms with Crippen LogP contribution in [0.25, 0.3) is 0 Å². The minimum absolute atomic E-state index is 0.00710. The van der Waals surface area contributed by atoms with Gasteiger partial charge in [-0.3, -0.25) is 9.59 Å². The van der Waals surface area contributed by atoms with E-state index in [2.05, 4.69) is 17.4 Å². The molecule has 2 aromatic carbocycles. The van der Waals surface area contributed by atoms with Crippen molar-refractivity contribution in [1.82, 2.24) is 5.32 Å². The van der Waals surface area contributed by atoms with Crippen LogP contribution in [0.15, 0.2) is 59.5 Å². The van der Waals surface area contributed by atoms with E-state index < -0.39 is 0 Å². The van der Waals surface area contributed by atoms with Crippen molar-refractivity contribution in [3.05, 3.63) is 60.2 Å². The van der Waals surface area contributed by atoms with Crippen molar-refractivity contribution >= 4 is 23.5 Å². The van der Waals surface area contributed by atoms with E-state index in [4.69, 9.17) is 4.74 Å². The molecule has 0 aromatic heterocycles. The van der Waals surface area contributed by atoms with Crippen molar-refractivity contribution in [2.45, 2.75) is 18.2 Å². The number of ketones is 1. The summed E-state index contributed by atoms with van der Waals surface area (Å²) in [6.45, 7) is 2.12. The minimum Gasteiger partial charge on any atom is -0.484 e. The van der Waals surface area contributed by atoms with Gasteiger partial charge >= 0.3 is 0 Å². The number of amides is 1. The Bertz CT molecular complexity index is 656. The number of Topliss-reactive ketones (excluding diaryl/α,β-unsaturated/α-hetero) is 1. The van der Waals surface area contributed by atoms with Crippen LogP contribution in [0.4, 0.5) is 0 Å². The maximum absolute atomic E-state index is 11.7. The van der Waals surface area contributed by atoms with Crippen molar-refractivity contribution in [2.24, 2.45) is 0 Å². The summed E-state index contributed by atoms with van der Waals surface area (Å²) in [7, 11) is 0. The van der Waals surface area contributed by atoms with Crippen molar-refractivity contribution in [3.8, 4) is 5.75 Å². The summed E-state index contributed by atoms with van der Waals surface area (Å²) in [6.07, 6.45) is 0.901. The van der Waals surface area contributed by atoms with E-state index in [9.17, 15) is 9.59 Å². The average molecular weight is 343 g/mol. The lowest BCUT2D eigenvalue weighted by Gasteiger charge is -2.08. The molecule has 126 valence electrons. The van der Waals surface area contributed by atoms with Crippen LogP contribution in [0.1, 0.15) is 23.7 Å². The largest absolute Gasteiger partial charge is 0.484 e. The SMILES string of the molecule is CC(=O)c1ccc(OCC(=O)NCCCSc2ccccc2)cc1. The third-order valence-corrected chi connectivity index (χ3v) is 4.38. The van der Waals surface area contributed by atoms with Crippen LogP contribution in [0.3, 0.4) is 0 Å². The van der Waals surface area contributed by atoms with Crippen LogP contribution in [0.5, 0.6) is 5.75 Å². The van der Waals surface area contributed by atoms with Crippen molar-refractivity contribution in [3.63, 3.8) is 0 Å². The molecule has 0 aliphatic rings. The molecule has 5 heteroatoms. The molecule has 0 heterocycles. The zero-order valence-corrected chi connectivity index (χ0v) is 14.5. The fraction of sp³-hybridized carbons (Fsp3) is 0.263. The molecular formula is C19H21NO3S. The van der Waals surface area contributed by atoms with E-state index in [1.807, 2.05) is 18.2 Å². The number of thioether (sulfide) groups is 1. The lowest BCUT2D eigenvalue weighted by molar-refractivity contribution is -0.123. The summed E-state index contributed by atoms with van der Waals surface area (Å²) < 4.78 is 5.40. The van der Waals surface area contributed by atoms with Crippen molar-refractivity contribution < 1.29 is 14.3 Å². The Kier molecular flexibility index (Phi) is 7.36. The number of rotatable bonds is 9. The van der Waals surface area contributed by atoms with Crippen LogP contribution in [-0.2, 0) is 4.79 Å². The van der Waals surface area contributed by atoms with Crippen LogP contribution in [-0.4, -0.2) is 30.6 Å². The number of hydrogen-bond acceptors (Lipinski definition) is 4. The normalized spacial score (nSPS) is 10.2. The molecule has 0 unspecified atom stereocenters.